The van der Waals surface area contributed by atoms with Gasteiger partial charge in [0, 0.05) is 31.1 Å². The van der Waals surface area contributed by atoms with Gasteiger partial charge in [0.05, 0.1) is 18.1 Å². The van der Waals surface area contributed by atoms with Crippen LogP contribution in [0.5, 0.6) is 0 Å². The Morgan fingerprint density at radius 3 is 2.48 bits per heavy atom. The molecule has 3 N–H and O–H groups in total. The fraction of sp³-hybridized carbons (Fsp3) is 0.333. The van der Waals surface area contributed by atoms with Gasteiger partial charge in [-0.05, 0) is 36.5 Å². The second-order valence-electron chi connectivity index (χ2n) is 8.15. The molecular formula is C24H30Cl2N4O. The number of imidazole rings is 1. The van der Waals surface area contributed by atoms with Crippen LogP contribution < -0.4 is 11.1 Å². The van der Waals surface area contributed by atoms with Crippen LogP contribution in [0.2, 0.25) is 0 Å². The Morgan fingerprint density at radius 1 is 1.13 bits per heavy atom. The van der Waals surface area contributed by atoms with Gasteiger partial charge in [0.1, 0.15) is 0 Å². The predicted octanol–water partition coefficient (Wildman–Crippen LogP) is 3.80. The summed E-state index contributed by atoms with van der Waals surface area (Å²) in [5.74, 6) is -0.109. The van der Waals surface area contributed by atoms with Crippen molar-refractivity contribution in [2.24, 2.45) is 5.73 Å². The van der Waals surface area contributed by atoms with E-state index in [1.165, 1.54) is 16.7 Å². The fourth-order valence-electron chi connectivity index (χ4n) is 3.96. The zero-order valence-corrected chi connectivity index (χ0v) is 19.3. The molecule has 31 heavy (non-hydrogen) atoms. The first-order valence-electron chi connectivity index (χ1n) is 10.2. The van der Waals surface area contributed by atoms with E-state index in [-0.39, 0.29) is 36.1 Å². The number of carbonyl (C=O) groups is 1. The number of rotatable bonds is 8. The largest absolute Gasteiger partial charge is 0.354 e. The van der Waals surface area contributed by atoms with E-state index in [0.29, 0.717) is 13.0 Å². The van der Waals surface area contributed by atoms with Gasteiger partial charge >= 0.3 is 0 Å². The lowest BCUT2D eigenvalue weighted by Crippen LogP contribution is -2.44. The minimum absolute atomic E-state index is 0. The number of carbonyl (C=O) groups excluding carboxylic acids is 1. The second-order valence-corrected chi connectivity index (χ2v) is 8.15. The molecular weight excluding hydrogens is 431 g/mol. The molecule has 3 aromatic rings. The summed E-state index contributed by atoms with van der Waals surface area (Å²) in [6.07, 6.45) is 6.42. The highest BCUT2D eigenvalue weighted by atomic mass is 35.5. The normalized spacial score (nSPS) is 14.6. The smallest absolute Gasteiger partial charge is 0.237 e. The van der Waals surface area contributed by atoms with E-state index in [1.807, 2.05) is 29.0 Å². The maximum Gasteiger partial charge on any atom is 0.237 e. The molecule has 166 valence electrons. The maximum absolute atomic E-state index is 12.6. The molecule has 4 rings (SSSR count). The lowest BCUT2D eigenvalue weighted by molar-refractivity contribution is -0.122. The SMILES string of the molecule is Cc1ccccc1C1(CNC(=O)[C@@H](N)Cc2cn(Cc3ccccc3)cn2)CC1.Cl.Cl. The minimum Gasteiger partial charge on any atom is -0.354 e. The Kier molecular flexibility index (Phi) is 8.69. The molecule has 0 spiro atoms. The summed E-state index contributed by atoms with van der Waals surface area (Å²) < 4.78 is 2.02. The molecule has 7 heteroatoms. The van der Waals surface area contributed by atoms with Gasteiger partial charge in [-0.25, -0.2) is 4.98 Å². The van der Waals surface area contributed by atoms with E-state index in [1.54, 1.807) is 6.33 Å². The Hall–Kier alpha value is -2.34. The van der Waals surface area contributed by atoms with Crippen LogP contribution in [0.3, 0.4) is 0 Å². The van der Waals surface area contributed by atoms with Crippen LogP contribution in [-0.2, 0) is 23.2 Å². The number of hydrogen-bond acceptors (Lipinski definition) is 3. The lowest BCUT2D eigenvalue weighted by atomic mass is 9.92. The van der Waals surface area contributed by atoms with Crippen molar-refractivity contribution in [2.45, 2.75) is 44.2 Å². The number of aryl methyl sites for hydroxylation is 1. The lowest BCUT2D eigenvalue weighted by Gasteiger charge is -2.20. The van der Waals surface area contributed by atoms with Gasteiger partial charge in [-0.1, -0.05) is 54.6 Å². The number of benzene rings is 2. The van der Waals surface area contributed by atoms with E-state index in [9.17, 15) is 4.79 Å². The first-order valence-corrected chi connectivity index (χ1v) is 10.2. The third-order valence-corrected chi connectivity index (χ3v) is 5.83. The van der Waals surface area contributed by atoms with Gasteiger partial charge in [0.25, 0.3) is 0 Å². The first kappa shape index (κ1) is 24.9. The van der Waals surface area contributed by atoms with E-state index in [4.69, 9.17) is 5.73 Å². The molecule has 1 heterocycles. The van der Waals surface area contributed by atoms with Gasteiger partial charge in [0.15, 0.2) is 0 Å². The van der Waals surface area contributed by atoms with Crippen molar-refractivity contribution < 1.29 is 4.79 Å². The summed E-state index contributed by atoms with van der Waals surface area (Å²) in [4.78, 5) is 17.0. The van der Waals surface area contributed by atoms with Gasteiger partial charge in [-0.2, -0.15) is 0 Å². The van der Waals surface area contributed by atoms with E-state index >= 15 is 0 Å². The van der Waals surface area contributed by atoms with Crippen molar-refractivity contribution in [2.75, 3.05) is 6.54 Å². The first-order chi connectivity index (χ1) is 14.1. The monoisotopic (exact) mass is 460 g/mol. The average molecular weight is 461 g/mol. The molecule has 1 aliphatic rings. The molecule has 1 aromatic heterocycles. The zero-order valence-electron chi connectivity index (χ0n) is 17.7. The Labute approximate surface area is 196 Å². The predicted molar refractivity (Wildman–Crippen MR) is 129 cm³/mol. The van der Waals surface area contributed by atoms with Crippen molar-refractivity contribution in [1.29, 1.82) is 0 Å². The van der Waals surface area contributed by atoms with Crippen LogP contribution in [0, 0.1) is 6.92 Å². The molecule has 0 saturated heterocycles. The summed E-state index contributed by atoms with van der Waals surface area (Å²) in [5.41, 5.74) is 10.9. The number of nitrogens with one attached hydrogen (secondary N) is 1. The van der Waals surface area contributed by atoms with Crippen LogP contribution in [0.15, 0.2) is 67.1 Å². The molecule has 1 fully saturated rings. The molecule has 1 saturated carbocycles. The van der Waals surface area contributed by atoms with Crippen LogP contribution in [0.1, 0.15) is 35.2 Å². The minimum atomic E-state index is -0.595. The number of hydrogen-bond donors (Lipinski definition) is 2. The molecule has 1 amide bonds. The summed E-state index contributed by atoms with van der Waals surface area (Å²) in [5, 5.41) is 3.08. The van der Waals surface area contributed by atoms with Crippen LogP contribution in [-0.4, -0.2) is 28.0 Å². The molecule has 1 aliphatic carbocycles. The summed E-state index contributed by atoms with van der Waals surface area (Å²) in [6, 6.07) is 18.1. The maximum atomic E-state index is 12.6. The molecule has 0 bridgehead atoms. The molecule has 0 aliphatic heterocycles. The Morgan fingerprint density at radius 2 is 1.81 bits per heavy atom. The Balaban J connectivity index is 0.00000171. The summed E-state index contributed by atoms with van der Waals surface area (Å²) >= 11 is 0. The van der Waals surface area contributed by atoms with E-state index in [2.05, 4.69) is 53.6 Å². The second kappa shape index (κ2) is 10.8. The van der Waals surface area contributed by atoms with Crippen LogP contribution in [0.4, 0.5) is 0 Å². The van der Waals surface area contributed by atoms with Crippen LogP contribution >= 0.6 is 24.8 Å². The molecule has 0 radical (unpaired) electrons. The number of amides is 1. The number of nitrogens with two attached hydrogens (primary N) is 1. The van der Waals surface area contributed by atoms with Gasteiger partial charge in [-0.3, -0.25) is 4.79 Å². The third-order valence-electron chi connectivity index (χ3n) is 5.83. The van der Waals surface area contributed by atoms with Gasteiger partial charge in [0.2, 0.25) is 5.91 Å². The zero-order chi connectivity index (χ0) is 20.3. The fourth-order valence-corrected chi connectivity index (χ4v) is 3.96. The molecule has 2 aromatic carbocycles. The standard InChI is InChI=1S/C24H28N4O.2ClH/c1-18-7-5-6-10-21(18)24(11-12-24)16-26-23(29)22(25)13-20-15-28(17-27-20)14-19-8-3-2-4-9-19;;/h2-10,15,17,22H,11-14,16,25H2,1H3,(H,26,29);2*1H/t22-;;/m0../s1. The number of halogens is 2. The van der Waals surface area contributed by atoms with Gasteiger partial charge < -0.3 is 15.6 Å². The van der Waals surface area contributed by atoms with Gasteiger partial charge in [-0.15, -0.1) is 24.8 Å². The van der Waals surface area contributed by atoms with Crippen molar-refractivity contribution >= 4 is 30.7 Å². The summed E-state index contributed by atoms with van der Waals surface area (Å²) in [7, 11) is 0. The number of nitrogens with zero attached hydrogens (tertiary/aromatic N) is 2. The topological polar surface area (TPSA) is 72.9 Å². The quantitative estimate of drug-likeness (QED) is 0.536. The third kappa shape index (κ3) is 6.10. The van der Waals surface area contributed by atoms with Crippen molar-refractivity contribution in [3.63, 3.8) is 0 Å². The molecule has 5 nitrogen and oxygen atoms in total. The average Bonchev–Trinajstić information content (AvgIpc) is 3.40. The van der Waals surface area contributed by atoms with Crippen molar-refractivity contribution in [3.05, 3.63) is 89.5 Å². The highest BCUT2D eigenvalue weighted by molar-refractivity contribution is 5.85. The van der Waals surface area contributed by atoms with E-state index in [0.717, 1.165) is 25.1 Å². The highest BCUT2D eigenvalue weighted by Crippen LogP contribution is 2.48. The Bertz CT molecular complexity index is 986. The van der Waals surface area contributed by atoms with Crippen molar-refractivity contribution in [1.82, 2.24) is 14.9 Å². The van der Waals surface area contributed by atoms with Crippen molar-refractivity contribution in [3.8, 4) is 0 Å². The number of aromatic nitrogens is 2. The summed E-state index contributed by atoms with van der Waals surface area (Å²) in [6.45, 7) is 3.54. The highest BCUT2D eigenvalue weighted by Gasteiger charge is 2.45. The van der Waals surface area contributed by atoms with E-state index < -0.39 is 6.04 Å². The van der Waals surface area contributed by atoms with Crippen LogP contribution in [0.25, 0.3) is 0 Å². The molecule has 1 atom stereocenters. The molecule has 0 unspecified atom stereocenters.